The van der Waals surface area contributed by atoms with Gasteiger partial charge in [-0.15, -0.1) is 0 Å². The van der Waals surface area contributed by atoms with Crippen molar-refractivity contribution in [1.82, 2.24) is 9.97 Å². The Balaban J connectivity index is 1.59. The molecular weight excluding hydrogens is 340 g/mol. The number of hydrogen-bond donors (Lipinski definition) is 3. The lowest BCUT2D eigenvalue weighted by Crippen LogP contribution is -2.11. The molecule has 3 N–H and O–H groups in total. The van der Waals surface area contributed by atoms with Gasteiger partial charge in [0, 0.05) is 12.6 Å². The van der Waals surface area contributed by atoms with Gasteiger partial charge in [0.1, 0.15) is 18.5 Å². The Morgan fingerprint density at radius 2 is 2.04 bits per heavy atom. The van der Waals surface area contributed by atoms with E-state index in [0.29, 0.717) is 22.7 Å². The van der Waals surface area contributed by atoms with E-state index in [1.807, 2.05) is 31.2 Å². The molecule has 0 spiro atoms. The number of H-pyrrole nitrogens is 1. The molecule has 0 aliphatic carbocycles. The van der Waals surface area contributed by atoms with Gasteiger partial charge in [-0.3, -0.25) is 14.8 Å². The van der Waals surface area contributed by atoms with Gasteiger partial charge in [-0.2, -0.15) is 0 Å². The molecule has 6 nitrogen and oxygen atoms in total. The fourth-order valence-electron chi connectivity index (χ4n) is 2.36. The molecule has 1 atom stereocenters. The fraction of sp³-hybridized carbons (Fsp3) is 0.222. The average Bonchev–Trinajstić information content (AvgIpc) is 2.91. The van der Waals surface area contributed by atoms with E-state index >= 15 is 0 Å². The number of aliphatic hydroxyl groups is 1. The molecule has 25 heavy (non-hydrogen) atoms. The molecular formula is C18H18N2O4S. The fourth-order valence-corrected chi connectivity index (χ4v) is 3.12. The van der Waals surface area contributed by atoms with E-state index < -0.39 is 6.10 Å². The van der Waals surface area contributed by atoms with Crippen LogP contribution in [0.1, 0.15) is 27.8 Å². The standard InChI is InChI=1S/C18H18N2O4S/c1-11-6-7-19-14(8-11)15(21)10-24-13-4-2-12(3-5-13)9-16-17(22)20-18(23)25-16/h2-8,15,21-22H,9-10H2,1H3,(H,20,23). The molecule has 0 saturated heterocycles. The van der Waals surface area contributed by atoms with Crippen LogP contribution in [0.15, 0.2) is 47.4 Å². The van der Waals surface area contributed by atoms with E-state index in [4.69, 9.17) is 4.74 Å². The van der Waals surface area contributed by atoms with Crippen molar-refractivity contribution in [2.24, 2.45) is 0 Å². The van der Waals surface area contributed by atoms with Gasteiger partial charge in [0.2, 0.25) is 5.88 Å². The van der Waals surface area contributed by atoms with Gasteiger partial charge >= 0.3 is 4.87 Å². The molecule has 0 fully saturated rings. The predicted molar refractivity (Wildman–Crippen MR) is 95.3 cm³/mol. The summed E-state index contributed by atoms with van der Waals surface area (Å²) in [5.41, 5.74) is 2.55. The number of benzene rings is 1. The van der Waals surface area contributed by atoms with Crippen molar-refractivity contribution < 1.29 is 14.9 Å². The Hall–Kier alpha value is -2.64. The summed E-state index contributed by atoms with van der Waals surface area (Å²) in [5, 5.41) is 19.8. The number of thiazole rings is 1. The molecule has 0 bridgehead atoms. The molecule has 3 rings (SSSR count). The number of aromatic amines is 1. The Bertz CT molecular complexity index is 902. The van der Waals surface area contributed by atoms with Crippen LogP contribution in [0.25, 0.3) is 0 Å². The molecule has 1 unspecified atom stereocenters. The normalized spacial score (nSPS) is 12.1. The zero-order valence-electron chi connectivity index (χ0n) is 13.6. The average molecular weight is 358 g/mol. The molecule has 2 aromatic heterocycles. The summed E-state index contributed by atoms with van der Waals surface area (Å²) >= 11 is 0.994. The van der Waals surface area contributed by atoms with Gasteiger partial charge in [0.05, 0.1) is 10.6 Å². The zero-order valence-corrected chi connectivity index (χ0v) is 14.4. The number of aromatic hydroxyl groups is 1. The molecule has 0 amide bonds. The minimum atomic E-state index is -0.798. The smallest absolute Gasteiger partial charge is 0.307 e. The third-order valence-corrected chi connectivity index (χ3v) is 4.55. The summed E-state index contributed by atoms with van der Waals surface area (Å²) < 4.78 is 5.60. The summed E-state index contributed by atoms with van der Waals surface area (Å²) in [7, 11) is 0. The van der Waals surface area contributed by atoms with Gasteiger partial charge in [-0.05, 0) is 42.3 Å². The lowest BCUT2D eigenvalue weighted by molar-refractivity contribution is 0.104. The third-order valence-electron chi connectivity index (χ3n) is 3.67. The van der Waals surface area contributed by atoms with E-state index in [-0.39, 0.29) is 17.4 Å². The first-order valence-corrected chi connectivity index (χ1v) is 8.56. The lowest BCUT2D eigenvalue weighted by atomic mass is 10.1. The van der Waals surface area contributed by atoms with Crippen LogP contribution in [0.4, 0.5) is 0 Å². The number of nitrogens with one attached hydrogen (secondary N) is 1. The van der Waals surface area contributed by atoms with Crippen LogP contribution in [0, 0.1) is 6.92 Å². The molecule has 1 aromatic carbocycles. The minimum Gasteiger partial charge on any atom is -0.494 e. The Kier molecular flexibility index (Phi) is 5.16. The summed E-state index contributed by atoms with van der Waals surface area (Å²) in [5.74, 6) is 0.547. The van der Waals surface area contributed by atoms with Crippen LogP contribution in [0.5, 0.6) is 11.6 Å². The number of aliphatic hydroxyl groups excluding tert-OH is 1. The molecule has 0 radical (unpaired) electrons. The number of pyridine rings is 1. The zero-order chi connectivity index (χ0) is 17.8. The maximum atomic E-state index is 11.2. The first-order valence-electron chi connectivity index (χ1n) is 7.74. The summed E-state index contributed by atoms with van der Waals surface area (Å²) in [4.78, 5) is 18.0. The summed E-state index contributed by atoms with van der Waals surface area (Å²) in [6.45, 7) is 2.05. The van der Waals surface area contributed by atoms with Gasteiger partial charge < -0.3 is 14.9 Å². The van der Waals surface area contributed by atoms with Gasteiger partial charge in [0.15, 0.2) is 0 Å². The van der Waals surface area contributed by atoms with E-state index in [1.54, 1.807) is 18.3 Å². The van der Waals surface area contributed by atoms with Gasteiger partial charge in [-0.25, -0.2) is 0 Å². The minimum absolute atomic E-state index is 0.0795. The molecule has 130 valence electrons. The lowest BCUT2D eigenvalue weighted by Gasteiger charge is -2.12. The Labute approximate surface area is 148 Å². The first-order chi connectivity index (χ1) is 12.0. The van der Waals surface area contributed by atoms with Crippen molar-refractivity contribution >= 4 is 11.3 Å². The first kappa shape index (κ1) is 17.2. The molecule has 0 saturated carbocycles. The van der Waals surface area contributed by atoms with Crippen molar-refractivity contribution in [3.05, 3.63) is 74.0 Å². The highest BCUT2D eigenvalue weighted by molar-refractivity contribution is 7.09. The summed E-state index contributed by atoms with van der Waals surface area (Å²) in [6, 6.07) is 11.0. The third kappa shape index (κ3) is 4.46. The Morgan fingerprint density at radius 3 is 2.68 bits per heavy atom. The quantitative estimate of drug-likeness (QED) is 0.629. The second kappa shape index (κ2) is 7.50. The van der Waals surface area contributed by atoms with E-state index in [9.17, 15) is 15.0 Å². The molecule has 7 heteroatoms. The molecule has 3 aromatic rings. The maximum Gasteiger partial charge on any atom is 0.307 e. The maximum absolute atomic E-state index is 11.2. The van der Waals surface area contributed by atoms with Gasteiger partial charge in [-0.1, -0.05) is 23.5 Å². The highest BCUT2D eigenvalue weighted by Gasteiger charge is 2.11. The largest absolute Gasteiger partial charge is 0.494 e. The number of nitrogens with zero attached hydrogens (tertiary/aromatic N) is 1. The van der Waals surface area contributed by atoms with Crippen LogP contribution >= 0.6 is 11.3 Å². The molecule has 0 aliphatic heterocycles. The highest BCUT2D eigenvalue weighted by atomic mass is 32.1. The van der Waals surface area contributed by atoms with Crippen molar-refractivity contribution in [2.45, 2.75) is 19.4 Å². The molecule has 2 heterocycles. The number of aromatic nitrogens is 2. The second-order valence-corrected chi connectivity index (χ2v) is 6.76. The van der Waals surface area contributed by atoms with E-state index in [2.05, 4.69) is 9.97 Å². The monoisotopic (exact) mass is 358 g/mol. The van der Waals surface area contributed by atoms with Crippen molar-refractivity contribution in [3.63, 3.8) is 0 Å². The SMILES string of the molecule is Cc1ccnc(C(O)COc2ccc(Cc3sc(=O)[nH]c3O)cc2)c1. The van der Waals surface area contributed by atoms with Gasteiger partial charge in [0.25, 0.3) is 0 Å². The number of aryl methyl sites for hydroxylation is 1. The van der Waals surface area contributed by atoms with Crippen molar-refractivity contribution in [1.29, 1.82) is 0 Å². The summed E-state index contributed by atoms with van der Waals surface area (Å²) in [6.07, 6.45) is 1.33. The number of rotatable bonds is 6. The molecule has 0 aliphatic rings. The Morgan fingerprint density at radius 1 is 1.28 bits per heavy atom. The van der Waals surface area contributed by atoms with Crippen LogP contribution < -0.4 is 9.61 Å². The van der Waals surface area contributed by atoms with Crippen LogP contribution in [-0.4, -0.2) is 26.8 Å². The van der Waals surface area contributed by atoms with Crippen molar-refractivity contribution in [3.8, 4) is 11.6 Å². The number of hydrogen-bond acceptors (Lipinski definition) is 6. The topological polar surface area (TPSA) is 95.4 Å². The number of ether oxygens (including phenoxy) is 1. The van der Waals surface area contributed by atoms with Crippen LogP contribution in [-0.2, 0) is 6.42 Å². The van der Waals surface area contributed by atoms with Crippen LogP contribution in [0.2, 0.25) is 0 Å². The highest BCUT2D eigenvalue weighted by Crippen LogP contribution is 2.22. The second-order valence-electron chi connectivity index (χ2n) is 5.69. The predicted octanol–water partition coefficient (Wildman–Crippen LogP) is 2.55. The van der Waals surface area contributed by atoms with E-state index in [0.717, 1.165) is 22.5 Å². The van der Waals surface area contributed by atoms with Crippen molar-refractivity contribution in [2.75, 3.05) is 6.61 Å². The van der Waals surface area contributed by atoms with Crippen LogP contribution in [0.3, 0.4) is 0 Å². The van der Waals surface area contributed by atoms with E-state index in [1.165, 1.54) is 0 Å².